The maximum absolute atomic E-state index is 12.9. The normalized spacial score (nSPS) is 13.6. The van der Waals surface area contributed by atoms with E-state index in [1.54, 1.807) is 0 Å². The molecule has 0 aliphatic rings. The molecule has 0 spiro atoms. The Bertz CT molecular complexity index is 1670. The highest BCUT2D eigenvalue weighted by atomic mass is 16.7. The molecule has 0 aromatic heterocycles. The number of esters is 2. The Morgan fingerprint density at radius 3 is 1.10 bits per heavy atom. The summed E-state index contributed by atoms with van der Waals surface area (Å²) in [5, 5.41) is 11.8. The van der Waals surface area contributed by atoms with Gasteiger partial charge in [-0.15, -0.1) is 0 Å². The molecule has 0 fully saturated rings. The quantitative estimate of drug-likeness (QED) is 0.0195. The lowest BCUT2D eigenvalue weighted by molar-refractivity contribution is -0.870. The molecule has 0 heterocycles. The van der Waals surface area contributed by atoms with Crippen molar-refractivity contribution >= 4 is 17.9 Å². The first kappa shape index (κ1) is 72.7. The van der Waals surface area contributed by atoms with Crippen LogP contribution in [0.2, 0.25) is 0 Å². The first-order valence-corrected chi connectivity index (χ1v) is 30.7. The van der Waals surface area contributed by atoms with Crippen LogP contribution in [-0.4, -0.2) is 82.3 Å². The van der Waals surface area contributed by atoms with Crippen molar-refractivity contribution in [1.82, 2.24) is 0 Å². The third kappa shape index (κ3) is 59.2. The summed E-state index contributed by atoms with van der Waals surface area (Å²) in [7, 11) is 5.91. The number of carboxylic acid groups (broad SMARTS) is 1. The molecule has 0 bridgehead atoms. The number of rotatable bonds is 55. The Balaban J connectivity index is 4.32. The van der Waals surface area contributed by atoms with Gasteiger partial charge in [0.25, 0.3) is 0 Å². The molecule has 0 aliphatic heterocycles. The van der Waals surface area contributed by atoms with Gasteiger partial charge in [-0.2, -0.15) is 0 Å². The molecular weight excluding hydrogens is 959 g/mol. The van der Waals surface area contributed by atoms with E-state index in [0.29, 0.717) is 17.4 Å². The number of carbonyl (C=O) groups is 3. The Hall–Kier alpha value is -4.31. The van der Waals surface area contributed by atoms with E-state index in [0.717, 1.165) is 103 Å². The second-order valence-corrected chi connectivity index (χ2v) is 21.3. The van der Waals surface area contributed by atoms with Gasteiger partial charge in [0.2, 0.25) is 0 Å². The predicted octanol–water partition coefficient (Wildman–Crippen LogP) is 17.1. The van der Waals surface area contributed by atoms with Gasteiger partial charge in [-0.1, -0.05) is 232 Å². The second kappa shape index (κ2) is 57.9. The number of allylic oxidation sites excluding steroid dienone is 20. The van der Waals surface area contributed by atoms with Crippen molar-refractivity contribution < 1.29 is 42.9 Å². The van der Waals surface area contributed by atoms with E-state index in [2.05, 4.69) is 135 Å². The molecule has 0 N–H and O–H groups in total. The molecule has 438 valence electrons. The Kier molecular flexibility index (Phi) is 54.6. The maximum atomic E-state index is 12.9. The molecule has 0 aromatic rings. The topological polar surface area (TPSA) is 111 Å². The lowest BCUT2D eigenvalue weighted by Gasteiger charge is -2.26. The number of hydrogen-bond donors (Lipinski definition) is 0. The number of ether oxygens (including phenoxy) is 4. The van der Waals surface area contributed by atoms with Crippen LogP contribution in [0.15, 0.2) is 122 Å². The fraction of sp³-hybridized carbons (Fsp3) is 0.662. The molecular formula is C68H113NO8. The van der Waals surface area contributed by atoms with Crippen molar-refractivity contribution in [2.45, 2.75) is 245 Å². The SMILES string of the molecule is CC/C=C\C/C=C\C/C=C\C/C=C\C/C=C\C/C=C\C/C=C\C/C=C\CCCCCCC(=O)OC(COC(=O)CCCCCCCCCCCCC/C=C\C/C=C\CCCCCCC)COC(OCC[N+](C)(C)C)C(=O)[O-]. The van der Waals surface area contributed by atoms with Crippen molar-refractivity contribution in [2.24, 2.45) is 0 Å². The molecule has 0 amide bonds. The maximum Gasteiger partial charge on any atom is 0.306 e. The molecule has 0 aromatic carbocycles. The number of carboxylic acids is 1. The summed E-state index contributed by atoms with van der Waals surface area (Å²) in [5.74, 6) is -2.33. The number of quaternary nitrogens is 1. The molecule has 77 heavy (non-hydrogen) atoms. The van der Waals surface area contributed by atoms with E-state index in [1.165, 1.54) is 96.3 Å². The minimum absolute atomic E-state index is 0.135. The smallest absolute Gasteiger partial charge is 0.306 e. The lowest BCUT2D eigenvalue weighted by atomic mass is 10.0. The number of likely N-dealkylation sites (N-methyl/N-ethyl adjacent to an activating group) is 1. The van der Waals surface area contributed by atoms with Crippen molar-refractivity contribution in [3.8, 4) is 0 Å². The summed E-state index contributed by atoms with van der Waals surface area (Å²) in [6.45, 7) is 4.58. The van der Waals surface area contributed by atoms with E-state index in [-0.39, 0.29) is 38.6 Å². The molecule has 9 nitrogen and oxygen atoms in total. The lowest BCUT2D eigenvalue weighted by Crippen LogP contribution is -2.44. The molecule has 2 atom stereocenters. The Labute approximate surface area is 472 Å². The molecule has 9 heteroatoms. The summed E-state index contributed by atoms with van der Waals surface area (Å²) in [5.41, 5.74) is 0. The van der Waals surface area contributed by atoms with Crippen LogP contribution in [0.4, 0.5) is 0 Å². The van der Waals surface area contributed by atoms with Crippen molar-refractivity contribution in [3.63, 3.8) is 0 Å². The zero-order valence-corrected chi connectivity index (χ0v) is 49.8. The van der Waals surface area contributed by atoms with Crippen LogP contribution in [0.25, 0.3) is 0 Å². The van der Waals surface area contributed by atoms with Crippen LogP contribution in [0.3, 0.4) is 0 Å². The van der Waals surface area contributed by atoms with E-state index < -0.39 is 24.3 Å². The molecule has 0 saturated carbocycles. The summed E-state index contributed by atoms with van der Waals surface area (Å²) >= 11 is 0. The highest BCUT2D eigenvalue weighted by molar-refractivity contribution is 5.70. The largest absolute Gasteiger partial charge is 0.545 e. The van der Waals surface area contributed by atoms with Gasteiger partial charge in [-0.05, 0) is 109 Å². The first-order chi connectivity index (χ1) is 37.6. The molecule has 0 rings (SSSR count). The highest BCUT2D eigenvalue weighted by Gasteiger charge is 2.22. The van der Waals surface area contributed by atoms with Crippen LogP contribution >= 0.6 is 0 Å². The van der Waals surface area contributed by atoms with Crippen LogP contribution in [-0.2, 0) is 33.3 Å². The number of nitrogens with zero attached hydrogens (tertiary/aromatic N) is 1. The highest BCUT2D eigenvalue weighted by Crippen LogP contribution is 2.15. The van der Waals surface area contributed by atoms with Gasteiger partial charge in [-0.3, -0.25) is 9.59 Å². The fourth-order valence-corrected chi connectivity index (χ4v) is 7.99. The third-order valence-corrected chi connectivity index (χ3v) is 12.7. The number of hydrogen-bond acceptors (Lipinski definition) is 8. The molecule has 2 unspecified atom stereocenters. The summed E-state index contributed by atoms with van der Waals surface area (Å²) < 4.78 is 22.7. The average molecular weight is 1070 g/mol. The van der Waals surface area contributed by atoms with Crippen molar-refractivity contribution in [2.75, 3.05) is 47.5 Å². The minimum Gasteiger partial charge on any atom is -0.545 e. The Morgan fingerprint density at radius 2 is 0.740 bits per heavy atom. The van der Waals surface area contributed by atoms with Crippen LogP contribution in [0, 0.1) is 0 Å². The van der Waals surface area contributed by atoms with Crippen LogP contribution in [0.5, 0.6) is 0 Å². The zero-order valence-electron chi connectivity index (χ0n) is 49.8. The van der Waals surface area contributed by atoms with Gasteiger partial charge in [0, 0.05) is 12.8 Å². The summed E-state index contributed by atoms with van der Waals surface area (Å²) in [6, 6.07) is 0. The van der Waals surface area contributed by atoms with Gasteiger partial charge < -0.3 is 33.3 Å². The van der Waals surface area contributed by atoms with E-state index >= 15 is 0 Å². The monoisotopic (exact) mass is 1070 g/mol. The van der Waals surface area contributed by atoms with Gasteiger partial charge in [0.05, 0.1) is 40.3 Å². The van der Waals surface area contributed by atoms with E-state index in [4.69, 9.17) is 18.9 Å². The van der Waals surface area contributed by atoms with E-state index in [9.17, 15) is 19.5 Å². The van der Waals surface area contributed by atoms with Gasteiger partial charge in [0.15, 0.2) is 12.4 Å². The number of carbonyl (C=O) groups excluding carboxylic acids is 3. The van der Waals surface area contributed by atoms with Gasteiger partial charge in [-0.25, -0.2) is 0 Å². The van der Waals surface area contributed by atoms with Gasteiger partial charge in [0.1, 0.15) is 13.2 Å². The third-order valence-electron chi connectivity index (χ3n) is 12.7. The van der Waals surface area contributed by atoms with Crippen molar-refractivity contribution in [3.05, 3.63) is 122 Å². The van der Waals surface area contributed by atoms with Gasteiger partial charge >= 0.3 is 11.9 Å². The fourth-order valence-electron chi connectivity index (χ4n) is 7.99. The van der Waals surface area contributed by atoms with Crippen LogP contribution < -0.4 is 5.11 Å². The zero-order chi connectivity index (χ0) is 56.2. The molecule has 0 radical (unpaired) electrons. The van der Waals surface area contributed by atoms with Crippen LogP contribution in [0.1, 0.15) is 232 Å². The number of aliphatic carboxylic acids is 1. The standard InChI is InChI=1S/C68H113NO8/c1-6-8-10-12-14-16-18-20-22-24-26-28-30-31-32-33-34-35-37-39-41-43-45-47-49-51-53-55-57-59-66(71)77-64(63-76-68(67(72)73)74-61-60-69(3,4)5)62-75-65(70)58-56-54-52-50-48-46-44-42-40-38-36-29-27-25-23-21-19-17-15-13-11-9-7-2/h8,10,14,16,19-22,25-28,31-32,34-35,39,41,45,47,64,68H,6-7,9,11-13,15,17-18,23-24,29-30,33,36-38,40,42-44,46,48-63H2,1-5H3/b10-8-,16-14-,21-19-,22-20-,27-25-,28-26-,32-31-,35-34-,41-39-,47-45-. The Morgan fingerprint density at radius 1 is 0.403 bits per heavy atom. The minimum atomic E-state index is -1.64. The van der Waals surface area contributed by atoms with E-state index in [1.807, 2.05) is 21.1 Å². The summed E-state index contributed by atoms with van der Waals surface area (Å²) in [4.78, 5) is 37.4. The first-order valence-electron chi connectivity index (χ1n) is 30.7. The molecule has 0 aliphatic carbocycles. The second-order valence-electron chi connectivity index (χ2n) is 21.3. The predicted molar refractivity (Wildman–Crippen MR) is 324 cm³/mol. The number of unbranched alkanes of at least 4 members (excludes halogenated alkanes) is 20. The van der Waals surface area contributed by atoms with Crippen molar-refractivity contribution in [1.29, 1.82) is 0 Å². The summed E-state index contributed by atoms with van der Waals surface area (Å²) in [6.07, 6.45) is 78.2. The average Bonchev–Trinajstić information content (AvgIpc) is 3.40. The molecule has 0 saturated heterocycles.